The number of rotatable bonds is 3. The van der Waals surface area contributed by atoms with Gasteiger partial charge in [-0.2, -0.15) is 0 Å². The van der Waals surface area contributed by atoms with Crippen LogP contribution in [0.25, 0.3) is 9.88 Å². The van der Waals surface area contributed by atoms with E-state index in [1.165, 1.54) is 0 Å². The first-order valence-corrected chi connectivity index (χ1v) is 6.68. The van der Waals surface area contributed by atoms with Crippen LogP contribution in [0.1, 0.15) is 12.6 Å². The largest absolute Gasteiger partial charge is 0.328 e. The summed E-state index contributed by atoms with van der Waals surface area (Å²) >= 11 is 9.08. The Kier molecular flexibility index (Phi) is 3.41. The molecule has 0 amide bonds. The number of hydrogen-bond donors (Lipinski definition) is 1. The van der Waals surface area contributed by atoms with Crippen molar-refractivity contribution < 1.29 is 0 Å². The molecule has 1 atom stereocenters. The zero-order valence-corrected chi connectivity index (χ0v) is 10.6. The quantitative estimate of drug-likeness (QED) is 0.916. The molecule has 2 N–H and O–H groups in total. The summed E-state index contributed by atoms with van der Waals surface area (Å²) in [5.74, 6) is 0. The predicted molar refractivity (Wildman–Crippen MR) is 67.8 cm³/mol. The van der Waals surface area contributed by atoms with Gasteiger partial charge in [-0.1, -0.05) is 11.6 Å². The van der Waals surface area contributed by atoms with Gasteiger partial charge in [-0.25, -0.2) is 4.98 Å². The Balaban J connectivity index is 2.20. The Morgan fingerprint density at radius 3 is 2.93 bits per heavy atom. The third-order valence-electron chi connectivity index (χ3n) is 1.87. The fraction of sp³-hybridized carbons (Fsp3) is 0.300. The van der Waals surface area contributed by atoms with Crippen LogP contribution in [0.3, 0.4) is 0 Å². The van der Waals surface area contributed by atoms with Crippen molar-refractivity contribution in [1.29, 1.82) is 0 Å². The van der Waals surface area contributed by atoms with Gasteiger partial charge in [-0.05, 0) is 19.1 Å². The van der Waals surface area contributed by atoms with Gasteiger partial charge in [0.25, 0.3) is 0 Å². The molecule has 2 aromatic heterocycles. The van der Waals surface area contributed by atoms with E-state index in [4.69, 9.17) is 17.3 Å². The highest BCUT2D eigenvalue weighted by atomic mass is 35.5. The summed E-state index contributed by atoms with van der Waals surface area (Å²) in [5, 5.41) is 3.09. The van der Waals surface area contributed by atoms with Crippen LogP contribution >= 0.6 is 34.3 Å². The molecule has 80 valence electrons. The highest BCUT2D eigenvalue weighted by molar-refractivity contribution is 7.23. The molecule has 0 aliphatic carbocycles. The van der Waals surface area contributed by atoms with Gasteiger partial charge in [0.05, 0.1) is 14.9 Å². The molecule has 2 aromatic rings. The first kappa shape index (κ1) is 11.1. The number of nitrogens with zero attached hydrogens (tertiary/aromatic N) is 1. The number of thiazole rings is 1. The van der Waals surface area contributed by atoms with Crippen molar-refractivity contribution in [2.45, 2.75) is 19.4 Å². The molecule has 1 unspecified atom stereocenters. The molecule has 0 aromatic carbocycles. The zero-order valence-electron chi connectivity index (χ0n) is 8.24. The molecular formula is C10H11ClN2S2. The summed E-state index contributed by atoms with van der Waals surface area (Å²) in [6.45, 7) is 1.99. The van der Waals surface area contributed by atoms with Crippen LogP contribution in [0.15, 0.2) is 17.5 Å². The number of halogens is 1. The SMILES string of the molecule is CC(N)Cc1csc(-c2ccc(Cl)s2)n1. The average molecular weight is 259 g/mol. The number of hydrogen-bond acceptors (Lipinski definition) is 4. The summed E-state index contributed by atoms with van der Waals surface area (Å²) in [6.07, 6.45) is 0.829. The lowest BCUT2D eigenvalue weighted by Crippen LogP contribution is -2.17. The third kappa shape index (κ3) is 2.78. The standard InChI is InChI=1S/C10H11ClN2S2/c1-6(12)4-7-5-14-10(13-7)8-2-3-9(11)15-8/h2-3,5-6H,4,12H2,1H3. The zero-order chi connectivity index (χ0) is 10.8. The fourth-order valence-corrected chi connectivity index (χ4v) is 3.22. The van der Waals surface area contributed by atoms with E-state index < -0.39 is 0 Å². The van der Waals surface area contributed by atoms with E-state index in [0.717, 1.165) is 26.3 Å². The van der Waals surface area contributed by atoms with E-state index in [1.54, 1.807) is 22.7 Å². The highest BCUT2D eigenvalue weighted by Gasteiger charge is 2.08. The van der Waals surface area contributed by atoms with Gasteiger partial charge < -0.3 is 5.73 Å². The molecule has 0 bridgehead atoms. The van der Waals surface area contributed by atoms with Gasteiger partial charge in [0.1, 0.15) is 5.01 Å². The second kappa shape index (κ2) is 4.61. The lowest BCUT2D eigenvalue weighted by Gasteiger charge is -1.99. The minimum Gasteiger partial charge on any atom is -0.328 e. The van der Waals surface area contributed by atoms with E-state index in [1.807, 2.05) is 19.1 Å². The first-order chi connectivity index (χ1) is 7.15. The van der Waals surface area contributed by atoms with Crippen LogP contribution in [0.5, 0.6) is 0 Å². The predicted octanol–water partition coefficient (Wildman–Crippen LogP) is 3.41. The Bertz CT molecular complexity index is 448. The Morgan fingerprint density at radius 2 is 2.33 bits per heavy atom. The Labute approximate surface area is 102 Å². The third-order valence-corrected chi connectivity index (χ3v) is 4.16. The van der Waals surface area contributed by atoms with Gasteiger partial charge in [0.2, 0.25) is 0 Å². The Morgan fingerprint density at radius 1 is 1.53 bits per heavy atom. The molecule has 5 heteroatoms. The van der Waals surface area contributed by atoms with Crippen molar-refractivity contribution in [3.8, 4) is 9.88 Å². The smallest absolute Gasteiger partial charge is 0.133 e. The lowest BCUT2D eigenvalue weighted by atomic mass is 10.2. The summed E-state index contributed by atoms with van der Waals surface area (Å²) < 4.78 is 0.800. The van der Waals surface area contributed by atoms with Crippen LogP contribution in [-0.4, -0.2) is 11.0 Å². The maximum atomic E-state index is 5.88. The topological polar surface area (TPSA) is 38.9 Å². The lowest BCUT2D eigenvalue weighted by molar-refractivity contribution is 0.726. The second-order valence-corrected chi connectivity index (χ2v) is 6.00. The average Bonchev–Trinajstić information content (AvgIpc) is 2.72. The highest BCUT2D eigenvalue weighted by Crippen LogP contribution is 2.32. The van der Waals surface area contributed by atoms with Crippen LogP contribution in [0, 0.1) is 0 Å². The van der Waals surface area contributed by atoms with Gasteiger partial charge in [0, 0.05) is 17.8 Å². The molecule has 2 nitrogen and oxygen atoms in total. The minimum absolute atomic E-state index is 0.159. The molecule has 0 saturated carbocycles. The van der Waals surface area contributed by atoms with E-state index in [-0.39, 0.29) is 6.04 Å². The second-order valence-electron chi connectivity index (χ2n) is 3.43. The van der Waals surface area contributed by atoms with Crippen molar-refractivity contribution >= 4 is 34.3 Å². The van der Waals surface area contributed by atoms with Gasteiger partial charge >= 0.3 is 0 Å². The summed E-state index contributed by atoms with van der Waals surface area (Å²) in [6, 6.07) is 4.06. The normalized spacial score (nSPS) is 13.0. The van der Waals surface area contributed by atoms with E-state index in [9.17, 15) is 0 Å². The Hall–Kier alpha value is -0.420. The van der Waals surface area contributed by atoms with E-state index in [0.29, 0.717) is 0 Å². The molecule has 0 saturated heterocycles. The van der Waals surface area contributed by atoms with Crippen molar-refractivity contribution in [1.82, 2.24) is 4.98 Å². The molecule has 0 fully saturated rings. The van der Waals surface area contributed by atoms with Crippen molar-refractivity contribution in [3.05, 3.63) is 27.5 Å². The van der Waals surface area contributed by atoms with Crippen molar-refractivity contribution in [3.63, 3.8) is 0 Å². The fourth-order valence-electron chi connectivity index (χ4n) is 1.27. The van der Waals surface area contributed by atoms with E-state index in [2.05, 4.69) is 10.4 Å². The van der Waals surface area contributed by atoms with Crippen LogP contribution in [0.2, 0.25) is 4.34 Å². The number of aromatic nitrogens is 1. The summed E-state index contributed by atoms with van der Waals surface area (Å²) in [4.78, 5) is 5.65. The van der Waals surface area contributed by atoms with Crippen LogP contribution in [-0.2, 0) is 6.42 Å². The van der Waals surface area contributed by atoms with Gasteiger partial charge in [0.15, 0.2) is 0 Å². The molecule has 0 radical (unpaired) electrons. The van der Waals surface area contributed by atoms with Gasteiger partial charge in [-0.15, -0.1) is 22.7 Å². The maximum absolute atomic E-state index is 5.88. The molecule has 0 aliphatic rings. The van der Waals surface area contributed by atoms with Gasteiger partial charge in [-0.3, -0.25) is 0 Å². The maximum Gasteiger partial charge on any atom is 0.133 e. The minimum atomic E-state index is 0.159. The number of thiophene rings is 1. The number of nitrogens with two attached hydrogens (primary N) is 1. The van der Waals surface area contributed by atoms with E-state index >= 15 is 0 Å². The molecule has 0 spiro atoms. The van der Waals surface area contributed by atoms with Crippen LogP contribution < -0.4 is 5.73 Å². The molecule has 0 aliphatic heterocycles. The first-order valence-electron chi connectivity index (χ1n) is 4.61. The molecular weight excluding hydrogens is 248 g/mol. The molecule has 15 heavy (non-hydrogen) atoms. The summed E-state index contributed by atoms with van der Waals surface area (Å²) in [5.41, 5.74) is 6.79. The molecule has 2 rings (SSSR count). The van der Waals surface area contributed by atoms with Crippen LogP contribution in [0.4, 0.5) is 0 Å². The summed E-state index contributed by atoms with van der Waals surface area (Å²) in [7, 11) is 0. The van der Waals surface area contributed by atoms with Crippen molar-refractivity contribution in [2.75, 3.05) is 0 Å². The van der Waals surface area contributed by atoms with Crippen molar-refractivity contribution in [2.24, 2.45) is 5.73 Å². The monoisotopic (exact) mass is 258 g/mol. The molecule has 2 heterocycles.